The van der Waals surface area contributed by atoms with Crippen molar-refractivity contribution in [2.75, 3.05) is 25.9 Å². The third-order valence-electron chi connectivity index (χ3n) is 5.21. The van der Waals surface area contributed by atoms with E-state index in [-0.39, 0.29) is 29.7 Å². The lowest BCUT2D eigenvalue weighted by Crippen LogP contribution is -2.42. The second kappa shape index (κ2) is 19.2. The molecule has 0 saturated carbocycles. The Morgan fingerprint density at radius 3 is 2.33 bits per heavy atom. The van der Waals surface area contributed by atoms with Gasteiger partial charge in [-0.3, -0.25) is 9.59 Å². The molecule has 0 rings (SSSR count). The number of likely N-dealkylation sites (N-methyl/N-ethyl adjacent to an activating group) is 1. The quantitative estimate of drug-likeness (QED) is 0.120. The smallest absolute Gasteiger partial charge is 0.237 e. The van der Waals surface area contributed by atoms with Crippen LogP contribution in [0.15, 0.2) is 0 Å². The van der Waals surface area contributed by atoms with Crippen LogP contribution in [-0.4, -0.2) is 56.0 Å². The Kier molecular flexibility index (Phi) is 18.9. The zero-order valence-electron chi connectivity index (χ0n) is 18.8. The van der Waals surface area contributed by atoms with E-state index in [0.29, 0.717) is 25.9 Å². The summed E-state index contributed by atoms with van der Waals surface area (Å²) in [7, 11) is 1.03. The molecule has 3 atom stereocenters. The van der Waals surface area contributed by atoms with Crippen LogP contribution >= 0.6 is 0 Å². The average molecular weight is 480 g/mol. The molecule has 0 aliphatic rings. The highest BCUT2D eigenvalue weighted by Crippen LogP contribution is 2.12. The zero-order valence-corrected chi connectivity index (χ0v) is 21.3. The van der Waals surface area contributed by atoms with Crippen LogP contribution in [0.25, 0.3) is 0 Å². The Hall–Kier alpha value is -0.480. The number of carbonyl (C=O) groups is 3. The lowest BCUT2D eigenvalue weighted by Gasteiger charge is -2.16. The fourth-order valence-electron chi connectivity index (χ4n) is 3.27. The maximum absolute atomic E-state index is 12.3. The third kappa shape index (κ3) is 15.3. The van der Waals surface area contributed by atoms with E-state index >= 15 is 0 Å². The number of nitrogens with one attached hydrogen (secondary N) is 3. The average Bonchev–Trinajstić information content (AvgIpc) is 2.71. The molecule has 0 aromatic heterocycles. The van der Waals surface area contributed by atoms with Crippen molar-refractivity contribution in [3.05, 3.63) is 0 Å². The summed E-state index contributed by atoms with van der Waals surface area (Å²) in [5, 5.41) is 9.22. The van der Waals surface area contributed by atoms with E-state index in [9.17, 15) is 14.4 Å². The number of Topliss-reactive ketones (excluding diaryl/α,β-unsaturated/α-hetero) is 1. The Labute approximate surface area is 193 Å². The summed E-state index contributed by atoms with van der Waals surface area (Å²) in [6.45, 7) is 5.29. The molecule has 30 heavy (non-hydrogen) atoms. The molecule has 0 radical (unpaired) electrons. The van der Waals surface area contributed by atoms with Crippen LogP contribution < -0.4 is 16.0 Å². The van der Waals surface area contributed by atoms with Crippen LogP contribution in [0.4, 0.5) is 0 Å². The molecule has 3 N–H and O–H groups in total. The van der Waals surface area contributed by atoms with Crippen molar-refractivity contribution in [3.63, 3.8) is 0 Å². The highest BCUT2D eigenvalue weighted by Gasteiger charge is 2.16. The molecule has 0 saturated heterocycles. The fraction of sp³-hybridized carbons (Fsp3) is 0.857. The van der Waals surface area contributed by atoms with Crippen molar-refractivity contribution in [2.24, 2.45) is 5.92 Å². The first-order valence-electron chi connectivity index (χ1n) is 11.1. The van der Waals surface area contributed by atoms with Crippen molar-refractivity contribution < 1.29 is 14.4 Å². The number of rotatable bonds is 20. The lowest BCUT2D eigenvalue weighted by molar-refractivity contribution is -0.123. The molecule has 176 valence electrons. The van der Waals surface area contributed by atoms with Crippen molar-refractivity contribution in [1.29, 1.82) is 0 Å². The monoisotopic (exact) mass is 479 g/mol. The largest absolute Gasteiger partial charge is 0.355 e. The maximum atomic E-state index is 12.3. The normalized spacial score (nSPS) is 14.3. The Morgan fingerprint density at radius 2 is 1.73 bits per heavy atom. The summed E-state index contributed by atoms with van der Waals surface area (Å²) in [6.07, 6.45) is 8.56. The number of ketones is 1. The van der Waals surface area contributed by atoms with Gasteiger partial charge in [-0.1, -0.05) is 56.6 Å². The molecule has 0 aliphatic carbocycles. The molecule has 0 aromatic carbocycles. The third-order valence-corrected chi connectivity index (χ3v) is 6.90. The molecule has 0 aliphatic heterocycles. The summed E-state index contributed by atoms with van der Waals surface area (Å²) >= 11 is 10.0. The van der Waals surface area contributed by atoms with Crippen molar-refractivity contribution in [2.45, 2.75) is 83.7 Å². The van der Waals surface area contributed by atoms with Gasteiger partial charge in [-0.05, 0) is 46.1 Å². The summed E-state index contributed by atoms with van der Waals surface area (Å²) in [5.41, 5.74) is 0. The lowest BCUT2D eigenvalue weighted by atomic mass is 9.99. The minimum absolute atomic E-state index is 0.00341. The summed E-state index contributed by atoms with van der Waals surface area (Å²) in [5.74, 6) is 1.11. The van der Waals surface area contributed by atoms with Crippen molar-refractivity contribution >= 4 is 48.4 Å². The van der Waals surface area contributed by atoms with Gasteiger partial charge in [-0.2, -0.15) is 0 Å². The van der Waals surface area contributed by atoms with E-state index < -0.39 is 8.01 Å². The summed E-state index contributed by atoms with van der Waals surface area (Å²) in [4.78, 5) is 35.4. The van der Waals surface area contributed by atoms with Crippen LogP contribution in [-0.2, 0) is 44.8 Å². The molecule has 0 bridgehead atoms. The van der Waals surface area contributed by atoms with E-state index in [4.69, 9.17) is 22.4 Å². The Morgan fingerprint density at radius 1 is 1.03 bits per heavy atom. The number of amides is 1. The first-order valence-corrected chi connectivity index (χ1v) is 14.7. The molecule has 6 nitrogen and oxygen atoms in total. The summed E-state index contributed by atoms with van der Waals surface area (Å²) in [6, 6.07) is -0.415. The van der Waals surface area contributed by atoms with Gasteiger partial charge in [-0.25, -0.2) is 0 Å². The van der Waals surface area contributed by atoms with Gasteiger partial charge in [0.15, 0.2) is 0 Å². The molecule has 0 aromatic rings. The minimum Gasteiger partial charge on any atom is -0.355 e. The number of unbranched alkanes of at least 4 members (excludes halogenated alkanes) is 2. The molecular weight excluding hydrogens is 438 g/mol. The van der Waals surface area contributed by atoms with E-state index in [1.165, 1.54) is 0 Å². The van der Waals surface area contributed by atoms with Crippen LogP contribution in [0.2, 0.25) is 0 Å². The van der Waals surface area contributed by atoms with E-state index in [1.807, 2.05) is 6.92 Å². The number of hydrogen-bond donors (Lipinski definition) is 4. The zero-order chi connectivity index (χ0) is 22.8. The van der Waals surface area contributed by atoms with Gasteiger partial charge in [0.1, 0.15) is 12.1 Å². The van der Waals surface area contributed by atoms with Gasteiger partial charge in [0.05, 0.1) is 12.1 Å². The van der Waals surface area contributed by atoms with Gasteiger partial charge in [0.25, 0.3) is 0 Å². The van der Waals surface area contributed by atoms with Crippen LogP contribution in [0.1, 0.15) is 71.6 Å². The molecule has 0 heterocycles. The van der Waals surface area contributed by atoms with Gasteiger partial charge in [0.2, 0.25) is 5.91 Å². The molecule has 9 heteroatoms. The SMILES string of the molecule is CCC[C@H](C=O)CCCCNC(=O)[C@H](CCCCC(=O)C(C)NCC[SH](=S)=S)NC. The topological polar surface area (TPSA) is 87.3 Å². The van der Waals surface area contributed by atoms with E-state index in [2.05, 4.69) is 22.9 Å². The Balaban J connectivity index is 3.96. The highest BCUT2D eigenvalue weighted by atomic mass is 33.1. The second-order valence-corrected chi connectivity index (χ2v) is 12.2. The molecule has 1 unspecified atom stereocenters. The highest BCUT2D eigenvalue weighted by molar-refractivity contribution is 8.46. The standard InChI is InChI=1S/C21H41N3O3S3/c1-4-9-18(16-25)10-7-8-13-24-21(27)19(22-3)11-5-6-12-20(26)17(2)23-14-15-30(28)29/h16-19,22-23,30H,4-15H2,1-3H3,(H,24,27)/t17?,18-,19-/m0/s1. The van der Waals surface area contributed by atoms with Gasteiger partial charge in [-0.15, -0.1) is 0 Å². The Bertz CT molecular complexity index is 563. The van der Waals surface area contributed by atoms with Gasteiger partial charge >= 0.3 is 0 Å². The van der Waals surface area contributed by atoms with E-state index in [1.54, 1.807) is 7.05 Å². The summed E-state index contributed by atoms with van der Waals surface area (Å²) < 4.78 is 0. The fourth-order valence-corrected chi connectivity index (χ4v) is 4.13. The number of thiol groups is 1. The van der Waals surface area contributed by atoms with Gasteiger partial charge < -0.3 is 20.7 Å². The first-order chi connectivity index (χ1) is 14.3. The van der Waals surface area contributed by atoms with Crippen molar-refractivity contribution in [1.82, 2.24) is 16.0 Å². The maximum Gasteiger partial charge on any atom is 0.237 e. The number of aldehydes is 1. The number of carbonyl (C=O) groups excluding carboxylic acids is 3. The van der Waals surface area contributed by atoms with Crippen molar-refractivity contribution in [3.8, 4) is 0 Å². The number of hydrogen-bond acceptors (Lipinski definition) is 7. The van der Waals surface area contributed by atoms with Crippen LogP contribution in [0, 0.1) is 5.92 Å². The second-order valence-electron chi connectivity index (χ2n) is 7.76. The molecular formula is C21H41N3O3S3. The molecule has 0 fully saturated rings. The predicted octanol–water partition coefficient (Wildman–Crippen LogP) is 1.86. The van der Waals surface area contributed by atoms with Crippen LogP contribution in [0.3, 0.4) is 0 Å². The van der Waals surface area contributed by atoms with Crippen LogP contribution in [0.5, 0.6) is 0 Å². The van der Waals surface area contributed by atoms with E-state index in [0.717, 1.165) is 57.0 Å². The predicted molar refractivity (Wildman–Crippen MR) is 133 cm³/mol. The molecule has 1 amide bonds. The molecule has 0 spiro atoms. The minimum atomic E-state index is -0.758. The van der Waals surface area contributed by atoms with Gasteiger partial charge in [0, 0.05) is 31.2 Å². The first kappa shape index (κ1) is 29.5.